The molecule has 3 rings (SSSR count). The Morgan fingerprint density at radius 1 is 1.38 bits per heavy atom. The van der Waals surface area contributed by atoms with Gasteiger partial charge in [-0.3, -0.25) is 9.55 Å². The summed E-state index contributed by atoms with van der Waals surface area (Å²) in [6, 6.07) is 1.08. The highest BCUT2D eigenvalue weighted by atomic mass is 19.4. The van der Waals surface area contributed by atoms with Crippen molar-refractivity contribution in [3.8, 4) is 0 Å². The average molecular weight is 342 g/mol. The van der Waals surface area contributed by atoms with Crippen LogP contribution in [-0.2, 0) is 23.9 Å². The molecular weight excluding hydrogens is 329 g/mol. The molecule has 10 heteroatoms. The number of pyridine rings is 1. The second-order valence-electron chi connectivity index (χ2n) is 5.51. The van der Waals surface area contributed by atoms with Gasteiger partial charge in [0.05, 0.1) is 17.8 Å². The number of carboxylic acid groups (broad SMARTS) is 1. The summed E-state index contributed by atoms with van der Waals surface area (Å²) in [5, 5.41) is 13.3. The van der Waals surface area contributed by atoms with Gasteiger partial charge < -0.3 is 5.11 Å². The number of nitrogens with zero attached hydrogens (tertiary/aromatic N) is 4. The number of hydrogen-bond donors (Lipinski definition) is 1. The van der Waals surface area contributed by atoms with Crippen LogP contribution in [-0.4, -0.2) is 30.4 Å². The van der Waals surface area contributed by atoms with E-state index in [4.69, 9.17) is 0 Å². The van der Waals surface area contributed by atoms with Gasteiger partial charge in [0.2, 0.25) is 0 Å². The van der Waals surface area contributed by atoms with Gasteiger partial charge in [-0.15, -0.1) is 0 Å². The van der Waals surface area contributed by atoms with Crippen LogP contribution >= 0.6 is 0 Å². The van der Waals surface area contributed by atoms with Crippen molar-refractivity contribution >= 4 is 5.97 Å². The second-order valence-corrected chi connectivity index (χ2v) is 5.51. The molecule has 0 aromatic carbocycles. The fourth-order valence-electron chi connectivity index (χ4n) is 2.71. The van der Waals surface area contributed by atoms with Crippen LogP contribution in [0.2, 0.25) is 0 Å². The lowest BCUT2D eigenvalue weighted by molar-refractivity contribution is -0.141. The highest BCUT2D eigenvalue weighted by Gasteiger charge is 2.31. The van der Waals surface area contributed by atoms with Crippen molar-refractivity contribution in [1.82, 2.24) is 19.3 Å². The molecule has 128 valence electrons. The molecule has 1 N–H and O–H groups in total. The number of hydrogen-bond acceptors (Lipinski definition) is 4. The van der Waals surface area contributed by atoms with Gasteiger partial charge in [0.1, 0.15) is 11.9 Å². The SMILES string of the molecule is O=C(O)[C@@H]1CCCc2nn(Cc3ccc(C(F)(F)F)cn3)c(=O)n21. The van der Waals surface area contributed by atoms with Gasteiger partial charge in [-0.1, -0.05) is 0 Å². The highest BCUT2D eigenvalue weighted by Crippen LogP contribution is 2.28. The lowest BCUT2D eigenvalue weighted by Gasteiger charge is -2.19. The molecule has 2 aromatic rings. The van der Waals surface area contributed by atoms with Crippen LogP contribution in [0.3, 0.4) is 0 Å². The molecule has 7 nitrogen and oxygen atoms in total. The molecule has 1 aliphatic rings. The number of halogens is 3. The molecule has 3 heterocycles. The van der Waals surface area contributed by atoms with Crippen LogP contribution < -0.4 is 5.69 Å². The lowest BCUT2D eigenvalue weighted by Crippen LogP contribution is -2.34. The maximum atomic E-state index is 12.5. The molecule has 0 radical (unpaired) electrons. The summed E-state index contributed by atoms with van der Waals surface area (Å²) in [6.07, 6.45) is -2.37. The van der Waals surface area contributed by atoms with Crippen molar-refractivity contribution in [2.75, 3.05) is 0 Å². The Balaban J connectivity index is 1.89. The summed E-state index contributed by atoms with van der Waals surface area (Å²) >= 11 is 0. The number of rotatable bonds is 3. The number of carbonyl (C=O) groups is 1. The first-order valence-electron chi connectivity index (χ1n) is 7.20. The van der Waals surface area contributed by atoms with Gasteiger partial charge in [-0.25, -0.2) is 14.3 Å². The Hall–Kier alpha value is -2.65. The smallest absolute Gasteiger partial charge is 0.417 e. The van der Waals surface area contributed by atoms with Crippen molar-refractivity contribution in [3.63, 3.8) is 0 Å². The molecule has 0 unspecified atom stereocenters. The molecule has 0 saturated heterocycles. The Morgan fingerprint density at radius 3 is 2.71 bits per heavy atom. The van der Waals surface area contributed by atoms with E-state index in [9.17, 15) is 27.9 Å². The quantitative estimate of drug-likeness (QED) is 0.912. The predicted octanol–water partition coefficient (Wildman–Crippen LogP) is 1.47. The lowest BCUT2D eigenvalue weighted by atomic mass is 10.1. The molecule has 0 fully saturated rings. The number of alkyl halides is 3. The molecule has 0 aliphatic carbocycles. The third-order valence-electron chi connectivity index (χ3n) is 3.88. The van der Waals surface area contributed by atoms with Crippen molar-refractivity contribution < 1.29 is 23.1 Å². The van der Waals surface area contributed by atoms with Crippen LogP contribution in [0.15, 0.2) is 23.1 Å². The third-order valence-corrected chi connectivity index (χ3v) is 3.88. The van der Waals surface area contributed by atoms with E-state index in [-0.39, 0.29) is 12.2 Å². The number of aliphatic carboxylic acids is 1. The summed E-state index contributed by atoms with van der Waals surface area (Å²) in [6.45, 7) is -0.122. The summed E-state index contributed by atoms with van der Waals surface area (Å²) < 4.78 is 39.7. The maximum Gasteiger partial charge on any atom is 0.417 e. The summed E-state index contributed by atoms with van der Waals surface area (Å²) in [5.74, 6) is -0.740. The van der Waals surface area contributed by atoms with Gasteiger partial charge in [0.15, 0.2) is 0 Å². The van der Waals surface area contributed by atoms with E-state index in [2.05, 4.69) is 10.1 Å². The van der Waals surface area contributed by atoms with Gasteiger partial charge in [-0.2, -0.15) is 18.3 Å². The van der Waals surface area contributed by atoms with E-state index in [1.165, 1.54) is 6.07 Å². The Labute approximate surface area is 133 Å². The van der Waals surface area contributed by atoms with E-state index in [1.54, 1.807) is 0 Å². The maximum absolute atomic E-state index is 12.5. The molecule has 0 bridgehead atoms. The fraction of sp³-hybridized carbons (Fsp3) is 0.429. The van der Waals surface area contributed by atoms with Crippen molar-refractivity contribution in [2.45, 2.75) is 38.0 Å². The van der Waals surface area contributed by atoms with E-state index in [1.807, 2.05) is 0 Å². The van der Waals surface area contributed by atoms with Crippen LogP contribution in [0.4, 0.5) is 13.2 Å². The minimum Gasteiger partial charge on any atom is -0.480 e. The minimum atomic E-state index is -4.48. The predicted molar refractivity (Wildman–Crippen MR) is 74.4 cm³/mol. The van der Waals surface area contributed by atoms with Crippen molar-refractivity contribution in [3.05, 3.63) is 45.9 Å². The van der Waals surface area contributed by atoms with Crippen molar-refractivity contribution in [2.24, 2.45) is 0 Å². The van der Waals surface area contributed by atoms with Crippen LogP contribution in [0.25, 0.3) is 0 Å². The fourth-order valence-corrected chi connectivity index (χ4v) is 2.71. The van der Waals surface area contributed by atoms with Crippen LogP contribution in [0.1, 0.15) is 36.0 Å². The Bertz CT molecular complexity index is 823. The zero-order valence-electron chi connectivity index (χ0n) is 12.3. The molecule has 0 saturated carbocycles. The molecule has 24 heavy (non-hydrogen) atoms. The summed E-state index contributed by atoms with van der Waals surface area (Å²) in [4.78, 5) is 27.3. The standard InChI is InChI=1S/C14H13F3N4O3/c15-14(16,17)8-4-5-9(18-6-8)7-20-13(24)21-10(12(22)23)2-1-3-11(21)19-20/h4-6,10H,1-3,7H2,(H,22,23)/t10-/m0/s1. The number of aromatic nitrogens is 4. The van der Waals surface area contributed by atoms with Gasteiger partial charge in [0.25, 0.3) is 0 Å². The van der Waals surface area contributed by atoms with Crippen LogP contribution in [0.5, 0.6) is 0 Å². The van der Waals surface area contributed by atoms with Crippen LogP contribution in [0, 0.1) is 0 Å². The Morgan fingerprint density at radius 2 is 2.12 bits per heavy atom. The van der Waals surface area contributed by atoms with E-state index in [0.717, 1.165) is 15.3 Å². The first-order valence-corrected chi connectivity index (χ1v) is 7.20. The largest absolute Gasteiger partial charge is 0.480 e. The molecule has 1 aliphatic heterocycles. The van der Waals surface area contributed by atoms with E-state index >= 15 is 0 Å². The monoisotopic (exact) mass is 342 g/mol. The zero-order chi connectivity index (χ0) is 17.5. The van der Waals surface area contributed by atoms with Crippen molar-refractivity contribution in [1.29, 1.82) is 0 Å². The molecule has 0 amide bonds. The van der Waals surface area contributed by atoms with Gasteiger partial charge in [-0.05, 0) is 25.0 Å². The molecule has 2 aromatic heterocycles. The van der Waals surface area contributed by atoms with E-state index in [0.29, 0.717) is 31.3 Å². The van der Waals surface area contributed by atoms with E-state index < -0.39 is 29.4 Å². The number of aryl methyl sites for hydroxylation is 1. The average Bonchev–Trinajstić information content (AvgIpc) is 2.83. The Kier molecular flexibility index (Phi) is 3.90. The minimum absolute atomic E-state index is 0.122. The molecule has 0 spiro atoms. The van der Waals surface area contributed by atoms with Gasteiger partial charge in [0, 0.05) is 12.6 Å². The third kappa shape index (κ3) is 2.91. The first-order chi connectivity index (χ1) is 11.3. The number of fused-ring (bicyclic) bond motifs is 1. The molecule has 1 atom stereocenters. The zero-order valence-corrected chi connectivity index (χ0v) is 12.3. The first kappa shape index (κ1) is 16.2. The summed E-state index contributed by atoms with van der Waals surface area (Å²) in [7, 11) is 0. The summed E-state index contributed by atoms with van der Waals surface area (Å²) in [5.41, 5.74) is -1.25. The van der Waals surface area contributed by atoms with Gasteiger partial charge >= 0.3 is 17.8 Å². The number of carboxylic acids is 1. The topological polar surface area (TPSA) is 90.0 Å². The molecular formula is C14H13F3N4O3. The normalized spacial score (nSPS) is 17.5. The second kappa shape index (κ2) is 5.77. The highest BCUT2D eigenvalue weighted by molar-refractivity contribution is 5.72.